The van der Waals surface area contributed by atoms with Crippen molar-refractivity contribution >= 4 is 23.4 Å². The summed E-state index contributed by atoms with van der Waals surface area (Å²) in [5.41, 5.74) is 3.30. The molecule has 6 heteroatoms. The summed E-state index contributed by atoms with van der Waals surface area (Å²) in [7, 11) is 1.99. The molecule has 0 radical (unpaired) electrons. The number of aryl methyl sites for hydroxylation is 3. The fourth-order valence-corrected chi connectivity index (χ4v) is 3.14. The van der Waals surface area contributed by atoms with E-state index >= 15 is 0 Å². The lowest BCUT2D eigenvalue weighted by Gasteiger charge is -2.08. The minimum atomic E-state index is 0.672. The number of hydrogen-bond donors (Lipinski definition) is 1. The van der Waals surface area contributed by atoms with Gasteiger partial charge in [0.1, 0.15) is 5.52 Å². The van der Waals surface area contributed by atoms with Crippen molar-refractivity contribution in [1.29, 1.82) is 0 Å². The highest BCUT2D eigenvalue weighted by Crippen LogP contribution is 2.21. The van der Waals surface area contributed by atoms with E-state index in [2.05, 4.69) is 21.6 Å². The molecule has 2 aromatic rings. The fourth-order valence-electron chi connectivity index (χ4n) is 2.86. The van der Waals surface area contributed by atoms with Crippen LogP contribution in [-0.4, -0.2) is 32.5 Å². The van der Waals surface area contributed by atoms with Crippen LogP contribution < -0.4 is 0 Å². The van der Waals surface area contributed by atoms with Gasteiger partial charge in [0.2, 0.25) is 0 Å². The maximum Gasteiger partial charge on any atom is 0.179 e. The van der Waals surface area contributed by atoms with Crippen molar-refractivity contribution in [3.8, 4) is 0 Å². The molecular formula is C13H20N4OS. The number of imidazole rings is 1. The van der Waals surface area contributed by atoms with E-state index in [1.165, 1.54) is 6.42 Å². The van der Waals surface area contributed by atoms with Crippen molar-refractivity contribution in [2.45, 2.75) is 32.7 Å². The van der Waals surface area contributed by atoms with Gasteiger partial charge in [0.15, 0.2) is 10.4 Å². The topological polar surface area (TPSA) is 47.8 Å². The summed E-state index contributed by atoms with van der Waals surface area (Å²) in [6.45, 7) is 4.86. The molecule has 19 heavy (non-hydrogen) atoms. The van der Waals surface area contributed by atoms with E-state index in [4.69, 9.17) is 17.0 Å². The van der Waals surface area contributed by atoms with Crippen LogP contribution in [0.15, 0.2) is 0 Å². The number of nitrogens with one attached hydrogen (secondary N) is 1. The van der Waals surface area contributed by atoms with Gasteiger partial charge in [-0.15, -0.1) is 0 Å². The lowest BCUT2D eigenvalue weighted by Crippen LogP contribution is -2.08. The molecule has 2 aromatic heterocycles. The third-order valence-electron chi connectivity index (χ3n) is 3.94. The maximum atomic E-state index is 5.45. The average molecular weight is 280 g/mol. The van der Waals surface area contributed by atoms with E-state index in [0.29, 0.717) is 5.92 Å². The van der Waals surface area contributed by atoms with Crippen molar-refractivity contribution < 1.29 is 4.74 Å². The molecule has 3 heterocycles. The van der Waals surface area contributed by atoms with Crippen molar-refractivity contribution in [1.82, 2.24) is 19.3 Å². The highest BCUT2D eigenvalue weighted by molar-refractivity contribution is 7.71. The quantitative estimate of drug-likeness (QED) is 0.875. The predicted molar refractivity (Wildman–Crippen MR) is 76.8 cm³/mol. The number of aromatic amines is 1. The molecular weight excluding hydrogens is 260 g/mol. The Kier molecular flexibility index (Phi) is 3.45. The highest BCUT2D eigenvalue weighted by atomic mass is 32.1. The Balaban J connectivity index is 1.91. The van der Waals surface area contributed by atoms with Crippen molar-refractivity contribution in [3.05, 3.63) is 10.5 Å². The van der Waals surface area contributed by atoms with E-state index in [-0.39, 0.29) is 0 Å². The zero-order valence-electron chi connectivity index (χ0n) is 11.5. The van der Waals surface area contributed by atoms with E-state index < -0.39 is 0 Å². The second kappa shape index (κ2) is 5.09. The van der Waals surface area contributed by atoms with Crippen molar-refractivity contribution in [2.24, 2.45) is 13.0 Å². The zero-order chi connectivity index (χ0) is 13.4. The Morgan fingerprint density at radius 2 is 2.37 bits per heavy atom. The first kappa shape index (κ1) is 12.9. The molecule has 1 fully saturated rings. The smallest absolute Gasteiger partial charge is 0.179 e. The van der Waals surface area contributed by atoms with Crippen LogP contribution in [0.5, 0.6) is 0 Å². The molecule has 1 saturated heterocycles. The summed E-state index contributed by atoms with van der Waals surface area (Å²) in [5, 5.41) is 4.54. The van der Waals surface area contributed by atoms with Crippen molar-refractivity contribution in [3.63, 3.8) is 0 Å². The summed E-state index contributed by atoms with van der Waals surface area (Å²) >= 11 is 5.45. The highest BCUT2D eigenvalue weighted by Gasteiger charge is 2.18. The molecule has 1 aliphatic rings. The van der Waals surface area contributed by atoms with Crippen LogP contribution in [0.1, 0.15) is 25.5 Å². The molecule has 0 bridgehead atoms. The number of ether oxygens (including phenoxy) is 1. The normalized spacial score (nSPS) is 19.6. The van der Waals surface area contributed by atoms with Gasteiger partial charge in [0.05, 0.1) is 5.69 Å². The molecule has 5 nitrogen and oxygen atoms in total. The lowest BCUT2D eigenvalue weighted by atomic mass is 10.1. The van der Waals surface area contributed by atoms with Crippen molar-refractivity contribution in [2.75, 3.05) is 13.2 Å². The molecule has 0 aromatic carbocycles. The molecule has 0 spiro atoms. The van der Waals surface area contributed by atoms with Gasteiger partial charge in [0, 0.05) is 26.8 Å². The molecule has 1 atom stereocenters. The standard InChI is InChI=1S/C13H20N4OS/c1-3-10-11-12(16(2)15-10)17(13(19)14-11)6-4-9-5-7-18-8-9/h9H,3-8H2,1-2H3,(H,14,19). The summed E-state index contributed by atoms with van der Waals surface area (Å²) in [6.07, 6.45) is 3.21. The molecule has 104 valence electrons. The summed E-state index contributed by atoms with van der Waals surface area (Å²) < 4.78 is 10.3. The van der Waals surface area contributed by atoms with Gasteiger partial charge >= 0.3 is 0 Å². The van der Waals surface area contributed by atoms with Crippen LogP contribution in [0.25, 0.3) is 11.2 Å². The molecule has 1 aliphatic heterocycles. The maximum absolute atomic E-state index is 5.45. The monoisotopic (exact) mass is 280 g/mol. The lowest BCUT2D eigenvalue weighted by molar-refractivity contribution is 0.183. The van der Waals surface area contributed by atoms with Gasteiger partial charge < -0.3 is 14.3 Å². The number of nitrogens with zero attached hydrogens (tertiary/aromatic N) is 3. The molecule has 0 amide bonds. The first-order chi connectivity index (χ1) is 9.20. The summed E-state index contributed by atoms with van der Waals surface area (Å²) in [6, 6.07) is 0. The molecule has 1 unspecified atom stereocenters. The van der Waals surface area contributed by atoms with E-state index in [0.717, 1.165) is 54.2 Å². The van der Waals surface area contributed by atoms with Gasteiger partial charge in [-0.25, -0.2) is 0 Å². The van der Waals surface area contributed by atoms with Gasteiger partial charge in [0.25, 0.3) is 0 Å². The van der Waals surface area contributed by atoms with Gasteiger partial charge in [-0.3, -0.25) is 4.68 Å². The Morgan fingerprint density at radius 3 is 3.05 bits per heavy atom. The number of rotatable bonds is 4. The van der Waals surface area contributed by atoms with Crippen LogP contribution in [-0.2, 0) is 24.8 Å². The van der Waals surface area contributed by atoms with Gasteiger partial charge in [-0.05, 0) is 37.4 Å². The largest absolute Gasteiger partial charge is 0.381 e. The van der Waals surface area contributed by atoms with Crippen LogP contribution >= 0.6 is 12.2 Å². The summed E-state index contributed by atoms with van der Waals surface area (Å²) in [5.74, 6) is 0.672. The minimum Gasteiger partial charge on any atom is -0.381 e. The predicted octanol–water partition coefficient (Wildman–Crippen LogP) is 2.42. The van der Waals surface area contributed by atoms with Crippen LogP contribution in [0.4, 0.5) is 0 Å². The fraction of sp³-hybridized carbons (Fsp3) is 0.692. The van der Waals surface area contributed by atoms with Crippen LogP contribution in [0, 0.1) is 10.7 Å². The van der Waals surface area contributed by atoms with Gasteiger partial charge in [-0.1, -0.05) is 6.92 Å². The van der Waals surface area contributed by atoms with Gasteiger partial charge in [-0.2, -0.15) is 5.10 Å². The number of hydrogen-bond acceptors (Lipinski definition) is 3. The molecule has 1 N–H and O–H groups in total. The molecule has 0 aliphatic carbocycles. The Hall–Kier alpha value is -1.14. The number of H-pyrrole nitrogens is 1. The first-order valence-electron chi connectivity index (χ1n) is 6.92. The number of fused-ring (bicyclic) bond motifs is 1. The van der Waals surface area contributed by atoms with E-state index in [9.17, 15) is 0 Å². The Morgan fingerprint density at radius 1 is 1.53 bits per heavy atom. The number of aromatic nitrogens is 4. The third kappa shape index (κ3) is 2.23. The summed E-state index contributed by atoms with van der Waals surface area (Å²) in [4.78, 5) is 3.31. The van der Waals surface area contributed by atoms with Crippen LogP contribution in [0.2, 0.25) is 0 Å². The third-order valence-corrected chi connectivity index (χ3v) is 4.26. The zero-order valence-corrected chi connectivity index (χ0v) is 12.3. The average Bonchev–Trinajstić information content (AvgIpc) is 3.06. The van der Waals surface area contributed by atoms with Crippen LogP contribution in [0.3, 0.4) is 0 Å². The molecule has 3 rings (SSSR count). The first-order valence-corrected chi connectivity index (χ1v) is 7.33. The van der Waals surface area contributed by atoms with E-state index in [1.54, 1.807) is 0 Å². The second-order valence-corrected chi connectivity index (χ2v) is 5.61. The second-order valence-electron chi connectivity index (χ2n) is 5.22. The molecule has 0 saturated carbocycles. The minimum absolute atomic E-state index is 0.672. The SMILES string of the molecule is CCc1nn(C)c2c1[nH]c(=S)n2CCC1CCOC1. The Labute approximate surface area is 117 Å². The van der Waals surface area contributed by atoms with E-state index in [1.807, 2.05) is 11.7 Å². The Bertz CT molecular complexity index is 633.